The number of nitrogens with one attached hydrogen (secondary N) is 1. The number of carbonyl (C=O) groups is 2. The molecule has 4 rings (SSSR count). The standard InChI is InChI=1S/C23H24BrN3O4/c24-18-6-4-16(5-7-18)21(28)19-20(17-3-1-8-25-15-17)27(23(30)22(19)29)10-2-9-26-11-13-31-14-12-26/h1,3-8,15,20,28H,2,9-14H2/p+1/t20-/m1/s1. The molecule has 2 fully saturated rings. The molecule has 2 aliphatic heterocycles. The molecular formula is C23H25BrN3O4+. The van der Waals surface area contributed by atoms with Crippen LogP contribution < -0.4 is 4.90 Å². The third-order valence-electron chi connectivity index (χ3n) is 5.79. The van der Waals surface area contributed by atoms with Crippen LogP contribution in [0.15, 0.2) is 58.8 Å². The van der Waals surface area contributed by atoms with E-state index in [0.717, 1.165) is 43.7 Å². The van der Waals surface area contributed by atoms with Gasteiger partial charge in [-0.3, -0.25) is 14.6 Å². The van der Waals surface area contributed by atoms with Crippen molar-refractivity contribution in [3.8, 4) is 0 Å². The maximum atomic E-state index is 13.0. The number of morpholine rings is 1. The number of carbonyl (C=O) groups excluding carboxylic acids is 2. The summed E-state index contributed by atoms with van der Waals surface area (Å²) < 4.78 is 6.26. The molecule has 3 heterocycles. The van der Waals surface area contributed by atoms with E-state index >= 15 is 0 Å². The fourth-order valence-electron chi connectivity index (χ4n) is 4.17. The van der Waals surface area contributed by atoms with Crippen LogP contribution in [-0.2, 0) is 14.3 Å². The highest BCUT2D eigenvalue weighted by Gasteiger charge is 2.46. The van der Waals surface area contributed by atoms with E-state index in [0.29, 0.717) is 17.7 Å². The van der Waals surface area contributed by atoms with Crippen LogP contribution in [0.25, 0.3) is 5.76 Å². The number of aliphatic hydroxyl groups excluding tert-OH is 1. The van der Waals surface area contributed by atoms with Gasteiger partial charge in [0.25, 0.3) is 11.7 Å². The second kappa shape index (κ2) is 9.72. The van der Waals surface area contributed by atoms with Gasteiger partial charge in [-0.25, -0.2) is 0 Å². The normalized spacial score (nSPS) is 21.6. The predicted molar refractivity (Wildman–Crippen MR) is 118 cm³/mol. The quantitative estimate of drug-likeness (QED) is 0.367. The average Bonchev–Trinajstić information content (AvgIpc) is 3.05. The molecule has 0 bridgehead atoms. The van der Waals surface area contributed by atoms with Crippen molar-refractivity contribution in [2.75, 3.05) is 39.4 Å². The van der Waals surface area contributed by atoms with Crippen molar-refractivity contribution >= 4 is 33.4 Å². The van der Waals surface area contributed by atoms with Crippen LogP contribution in [0.3, 0.4) is 0 Å². The number of ether oxygens (including phenoxy) is 1. The van der Waals surface area contributed by atoms with Crippen molar-refractivity contribution < 1.29 is 24.3 Å². The highest BCUT2D eigenvalue weighted by molar-refractivity contribution is 9.10. The largest absolute Gasteiger partial charge is 0.507 e. The van der Waals surface area contributed by atoms with Gasteiger partial charge in [0.15, 0.2) is 0 Å². The number of nitrogens with zero attached hydrogens (tertiary/aromatic N) is 2. The summed E-state index contributed by atoms with van der Waals surface area (Å²) in [4.78, 5) is 33.1. The number of benzene rings is 1. The number of rotatable bonds is 6. The lowest BCUT2D eigenvalue weighted by Crippen LogP contribution is -3.14. The SMILES string of the molecule is O=C1C(=O)N(CCC[NH+]2CCOCC2)[C@H](c2cccnc2)C1=C(O)c1ccc(Br)cc1. The van der Waals surface area contributed by atoms with Gasteiger partial charge in [0.2, 0.25) is 0 Å². The summed E-state index contributed by atoms with van der Waals surface area (Å²) in [6.45, 7) is 4.75. The van der Waals surface area contributed by atoms with Crippen molar-refractivity contribution in [1.82, 2.24) is 9.88 Å². The minimum atomic E-state index is -0.659. The number of quaternary nitrogens is 1. The van der Waals surface area contributed by atoms with Gasteiger partial charge < -0.3 is 19.6 Å². The molecular weight excluding hydrogens is 462 g/mol. The Kier molecular flexibility index (Phi) is 6.80. The van der Waals surface area contributed by atoms with Crippen LogP contribution in [0.4, 0.5) is 0 Å². The van der Waals surface area contributed by atoms with Gasteiger partial charge in [-0.2, -0.15) is 0 Å². The molecule has 0 spiro atoms. The number of amides is 1. The van der Waals surface area contributed by atoms with Crippen LogP contribution in [0.1, 0.15) is 23.6 Å². The van der Waals surface area contributed by atoms with Crippen molar-refractivity contribution in [2.45, 2.75) is 12.5 Å². The molecule has 8 heteroatoms. The van der Waals surface area contributed by atoms with Gasteiger partial charge in [0, 0.05) is 35.4 Å². The summed E-state index contributed by atoms with van der Waals surface area (Å²) in [6.07, 6.45) is 4.05. The topological polar surface area (TPSA) is 84.2 Å². The summed E-state index contributed by atoms with van der Waals surface area (Å²) in [5.74, 6) is -1.40. The summed E-state index contributed by atoms with van der Waals surface area (Å²) in [6, 6.07) is 9.96. The Morgan fingerprint density at radius 1 is 1.19 bits per heavy atom. The number of Topliss-reactive ketones (excluding diaryl/α,β-unsaturated/α-hetero) is 1. The van der Waals surface area contributed by atoms with Crippen LogP contribution in [-0.4, -0.2) is 66.1 Å². The van der Waals surface area contributed by atoms with Gasteiger partial charge in [0.05, 0.1) is 31.4 Å². The van der Waals surface area contributed by atoms with E-state index < -0.39 is 17.7 Å². The number of hydrogen-bond acceptors (Lipinski definition) is 5. The zero-order valence-electron chi connectivity index (χ0n) is 17.1. The predicted octanol–water partition coefficient (Wildman–Crippen LogP) is 1.57. The maximum absolute atomic E-state index is 13.0. The Bertz CT molecular complexity index is 972. The fourth-order valence-corrected chi connectivity index (χ4v) is 4.43. The maximum Gasteiger partial charge on any atom is 0.295 e. The molecule has 1 aromatic carbocycles. The molecule has 2 saturated heterocycles. The second-order valence-corrected chi connectivity index (χ2v) is 8.67. The Balaban J connectivity index is 1.64. The van der Waals surface area contributed by atoms with E-state index in [1.54, 1.807) is 47.6 Å². The lowest BCUT2D eigenvalue weighted by molar-refractivity contribution is -0.908. The molecule has 7 nitrogen and oxygen atoms in total. The molecule has 1 aromatic heterocycles. The molecule has 162 valence electrons. The van der Waals surface area contributed by atoms with Crippen LogP contribution >= 0.6 is 15.9 Å². The number of halogens is 1. The van der Waals surface area contributed by atoms with E-state index in [2.05, 4.69) is 20.9 Å². The monoisotopic (exact) mass is 486 g/mol. The van der Waals surface area contributed by atoms with Gasteiger partial charge in [-0.1, -0.05) is 34.1 Å². The Hall–Kier alpha value is -2.55. The van der Waals surface area contributed by atoms with Crippen molar-refractivity contribution in [2.24, 2.45) is 0 Å². The number of pyridine rings is 1. The van der Waals surface area contributed by atoms with Crippen molar-refractivity contribution in [1.29, 1.82) is 0 Å². The van der Waals surface area contributed by atoms with E-state index in [4.69, 9.17) is 4.74 Å². The molecule has 1 amide bonds. The molecule has 2 aliphatic rings. The first-order chi connectivity index (χ1) is 15.1. The third-order valence-corrected chi connectivity index (χ3v) is 6.32. The van der Waals surface area contributed by atoms with Gasteiger partial charge in [0.1, 0.15) is 18.8 Å². The zero-order chi connectivity index (χ0) is 21.8. The summed E-state index contributed by atoms with van der Waals surface area (Å²) >= 11 is 3.37. The Morgan fingerprint density at radius 3 is 2.61 bits per heavy atom. The van der Waals surface area contributed by atoms with Gasteiger partial charge >= 0.3 is 0 Å². The molecule has 0 radical (unpaired) electrons. The lowest BCUT2D eigenvalue weighted by atomic mass is 9.96. The first-order valence-electron chi connectivity index (χ1n) is 10.4. The van der Waals surface area contributed by atoms with Gasteiger partial charge in [-0.15, -0.1) is 0 Å². The lowest BCUT2D eigenvalue weighted by Gasteiger charge is -2.27. The summed E-state index contributed by atoms with van der Waals surface area (Å²) in [5.41, 5.74) is 1.31. The smallest absolute Gasteiger partial charge is 0.295 e. The first-order valence-corrected chi connectivity index (χ1v) is 11.2. The van der Waals surface area contributed by atoms with Crippen LogP contribution in [0.2, 0.25) is 0 Å². The summed E-state index contributed by atoms with van der Waals surface area (Å²) in [5, 5.41) is 11.0. The first kappa shape index (κ1) is 21.7. The molecule has 0 unspecified atom stereocenters. The molecule has 31 heavy (non-hydrogen) atoms. The van der Waals surface area contributed by atoms with E-state index in [1.165, 1.54) is 4.90 Å². The van der Waals surface area contributed by atoms with E-state index in [1.807, 2.05) is 6.07 Å². The highest BCUT2D eigenvalue weighted by atomic mass is 79.9. The third kappa shape index (κ3) is 4.71. The number of aliphatic hydroxyl groups is 1. The van der Waals surface area contributed by atoms with Crippen LogP contribution in [0, 0.1) is 0 Å². The minimum Gasteiger partial charge on any atom is -0.507 e. The Morgan fingerprint density at radius 2 is 1.94 bits per heavy atom. The fraction of sp³-hybridized carbons (Fsp3) is 0.348. The number of ketones is 1. The van der Waals surface area contributed by atoms with Crippen molar-refractivity contribution in [3.63, 3.8) is 0 Å². The Labute approximate surface area is 189 Å². The van der Waals surface area contributed by atoms with E-state index in [-0.39, 0.29) is 11.3 Å². The molecule has 0 saturated carbocycles. The number of hydrogen-bond donors (Lipinski definition) is 2. The average molecular weight is 487 g/mol. The highest BCUT2D eigenvalue weighted by Crippen LogP contribution is 2.39. The number of likely N-dealkylation sites (tertiary alicyclic amines) is 1. The van der Waals surface area contributed by atoms with Crippen LogP contribution in [0.5, 0.6) is 0 Å². The zero-order valence-corrected chi connectivity index (χ0v) is 18.7. The molecule has 1 atom stereocenters. The number of aromatic nitrogens is 1. The summed E-state index contributed by atoms with van der Waals surface area (Å²) in [7, 11) is 0. The van der Waals surface area contributed by atoms with E-state index in [9.17, 15) is 14.7 Å². The molecule has 2 N–H and O–H groups in total. The van der Waals surface area contributed by atoms with Gasteiger partial charge in [-0.05, 0) is 23.8 Å². The molecule has 2 aromatic rings. The second-order valence-electron chi connectivity index (χ2n) is 7.75. The minimum absolute atomic E-state index is 0.110. The van der Waals surface area contributed by atoms with Crippen molar-refractivity contribution in [3.05, 3.63) is 70.0 Å². The molecule has 0 aliphatic carbocycles.